The van der Waals surface area contributed by atoms with Crippen molar-refractivity contribution >= 4 is 10.9 Å². The van der Waals surface area contributed by atoms with Gasteiger partial charge in [-0.25, -0.2) is 0 Å². The fourth-order valence-electron chi connectivity index (χ4n) is 4.06. The molecule has 4 aromatic rings. The first-order valence-electron chi connectivity index (χ1n) is 10.3. The van der Waals surface area contributed by atoms with E-state index in [4.69, 9.17) is 0 Å². The number of aliphatic hydroxyl groups excluding tert-OH is 1. The predicted octanol–water partition coefficient (Wildman–Crippen LogP) is 5.27. The lowest BCUT2D eigenvalue weighted by molar-refractivity contribution is 0.187. The fraction of sp³-hybridized carbons (Fsp3) is 0.231. The van der Waals surface area contributed by atoms with Crippen LogP contribution in [0.5, 0.6) is 0 Å². The molecule has 3 nitrogen and oxygen atoms in total. The first-order valence-corrected chi connectivity index (χ1v) is 10.3. The second kappa shape index (κ2) is 9.55. The first kappa shape index (κ1) is 19.4. The van der Waals surface area contributed by atoms with Gasteiger partial charge in [0.25, 0.3) is 0 Å². The lowest BCUT2D eigenvalue weighted by Crippen LogP contribution is -2.30. The highest BCUT2D eigenvalue weighted by Crippen LogP contribution is 2.24. The standard InChI is InChI=1S/C26H28N2O/c29-18-16-25(28-17-15-24-13-7-8-14-26(24)28)21-27(19-22-9-3-1-4-10-22)20-23-11-5-2-6-12-23/h1-15,17,25,29H,16,18-21H2/t25-/m1/s1. The van der Waals surface area contributed by atoms with Gasteiger partial charge in [-0.15, -0.1) is 0 Å². The molecule has 1 N–H and O–H groups in total. The third-order valence-electron chi connectivity index (χ3n) is 5.45. The van der Waals surface area contributed by atoms with Gasteiger partial charge in [-0.3, -0.25) is 4.90 Å². The van der Waals surface area contributed by atoms with Gasteiger partial charge in [0.2, 0.25) is 0 Å². The number of rotatable bonds is 9. The van der Waals surface area contributed by atoms with Crippen molar-refractivity contribution in [1.82, 2.24) is 9.47 Å². The normalized spacial score (nSPS) is 12.5. The highest BCUT2D eigenvalue weighted by Gasteiger charge is 2.18. The van der Waals surface area contributed by atoms with Gasteiger partial charge in [0, 0.05) is 44.0 Å². The van der Waals surface area contributed by atoms with Crippen molar-refractivity contribution in [3.8, 4) is 0 Å². The number of benzene rings is 3. The number of aromatic nitrogens is 1. The summed E-state index contributed by atoms with van der Waals surface area (Å²) in [4.78, 5) is 2.49. The highest BCUT2D eigenvalue weighted by molar-refractivity contribution is 5.80. The van der Waals surface area contributed by atoms with Gasteiger partial charge in [-0.2, -0.15) is 0 Å². The van der Waals surface area contributed by atoms with Crippen molar-refractivity contribution in [3.63, 3.8) is 0 Å². The Hall–Kier alpha value is -2.88. The average molecular weight is 385 g/mol. The molecule has 1 heterocycles. The zero-order chi connectivity index (χ0) is 19.9. The molecular formula is C26H28N2O. The maximum atomic E-state index is 9.77. The number of hydrogen-bond donors (Lipinski definition) is 1. The molecule has 0 aliphatic carbocycles. The van der Waals surface area contributed by atoms with E-state index in [1.165, 1.54) is 22.0 Å². The summed E-state index contributed by atoms with van der Waals surface area (Å²) in [5.41, 5.74) is 3.84. The summed E-state index contributed by atoms with van der Waals surface area (Å²) in [5, 5.41) is 11.0. The van der Waals surface area contributed by atoms with Crippen LogP contribution in [0.2, 0.25) is 0 Å². The van der Waals surface area contributed by atoms with Crippen LogP contribution < -0.4 is 0 Å². The van der Waals surface area contributed by atoms with E-state index in [1.807, 2.05) is 0 Å². The lowest BCUT2D eigenvalue weighted by atomic mass is 10.1. The van der Waals surface area contributed by atoms with Crippen LogP contribution in [0.15, 0.2) is 97.2 Å². The van der Waals surface area contributed by atoms with Gasteiger partial charge in [0.15, 0.2) is 0 Å². The molecule has 0 saturated heterocycles. The summed E-state index contributed by atoms with van der Waals surface area (Å²) in [7, 11) is 0. The molecule has 0 saturated carbocycles. The molecule has 0 spiro atoms. The smallest absolute Gasteiger partial charge is 0.0485 e. The molecule has 0 aliphatic rings. The molecule has 148 valence electrons. The van der Waals surface area contributed by atoms with Crippen LogP contribution >= 0.6 is 0 Å². The number of nitrogens with zero attached hydrogens (tertiary/aromatic N) is 2. The van der Waals surface area contributed by atoms with Gasteiger partial charge < -0.3 is 9.67 Å². The van der Waals surface area contributed by atoms with E-state index in [2.05, 4.69) is 107 Å². The Morgan fingerprint density at radius 2 is 1.31 bits per heavy atom. The lowest BCUT2D eigenvalue weighted by Gasteiger charge is -2.29. The van der Waals surface area contributed by atoms with Crippen molar-refractivity contribution in [2.45, 2.75) is 25.6 Å². The summed E-state index contributed by atoms with van der Waals surface area (Å²) in [6.45, 7) is 2.83. The fourth-order valence-corrected chi connectivity index (χ4v) is 4.06. The molecule has 0 unspecified atom stereocenters. The Bertz CT molecular complexity index is 969. The molecule has 3 aromatic carbocycles. The number of para-hydroxylation sites is 1. The molecule has 0 amide bonds. The zero-order valence-electron chi connectivity index (χ0n) is 16.7. The summed E-state index contributed by atoms with van der Waals surface area (Å²) >= 11 is 0. The minimum atomic E-state index is 0.182. The zero-order valence-corrected chi connectivity index (χ0v) is 16.7. The van der Waals surface area contributed by atoms with E-state index in [9.17, 15) is 5.11 Å². The van der Waals surface area contributed by atoms with Crippen molar-refractivity contribution in [3.05, 3.63) is 108 Å². The maximum Gasteiger partial charge on any atom is 0.0485 e. The molecule has 0 aliphatic heterocycles. The molecule has 1 atom stereocenters. The molecule has 0 bridgehead atoms. The van der Waals surface area contributed by atoms with E-state index in [1.54, 1.807) is 0 Å². The van der Waals surface area contributed by atoms with Gasteiger partial charge >= 0.3 is 0 Å². The number of hydrogen-bond acceptors (Lipinski definition) is 2. The third-order valence-corrected chi connectivity index (χ3v) is 5.45. The van der Waals surface area contributed by atoms with Crippen LogP contribution in [0.25, 0.3) is 10.9 Å². The number of fused-ring (bicyclic) bond motifs is 1. The molecule has 29 heavy (non-hydrogen) atoms. The average Bonchev–Trinajstić information content (AvgIpc) is 3.19. The Kier molecular flexibility index (Phi) is 6.40. The molecular weight excluding hydrogens is 356 g/mol. The van der Waals surface area contributed by atoms with Crippen LogP contribution in [0, 0.1) is 0 Å². The highest BCUT2D eigenvalue weighted by atomic mass is 16.3. The molecule has 1 aromatic heterocycles. The van der Waals surface area contributed by atoms with Gasteiger partial charge in [-0.1, -0.05) is 78.9 Å². The molecule has 4 rings (SSSR count). The summed E-state index contributed by atoms with van der Waals surface area (Å²) < 4.78 is 2.33. The van der Waals surface area contributed by atoms with E-state index in [0.29, 0.717) is 0 Å². The summed E-state index contributed by atoms with van der Waals surface area (Å²) in [5.74, 6) is 0. The Balaban J connectivity index is 1.61. The molecule has 3 heteroatoms. The SMILES string of the molecule is OCC[C@H](CN(Cc1ccccc1)Cc1ccccc1)n1ccc2ccccc21. The van der Waals surface area contributed by atoms with Gasteiger partial charge in [0.05, 0.1) is 0 Å². The maximum absolute atomic E-state index is 9.77. The molecule has 0 radical (unpaired) electrons. The Labute approximate surface area is 172 Å². The van der Waals surface area contributed by atoms with E-state index < -0.39 is 0 Å². The predicted molar refractivity (Wildman–Crippen MR) is 120 cm³/mol. The van der Waals surface area contributed by atoms with Crippen molar-refractivity contribution in [2.75, 3.05) is 13.2 Å². The quantitative estimate of drug-likeness (QED) is 0.426. The third kappa shape index (κ3) is 4.94. The summed E-state index contributed by atoms with van der Waals surface area (Å²) in [6, 6.07) is 32.1. The molecule has 0 fully saturated rings. The van der Waals surface area contributed by atoms with E-state index in [-0.39, 0.29) is 12.6 Å². The minimum absolute atomic E-state index is 0.182. The minimum Gasteiger partial charge on any atom is -0.396 e. The van der Waals surface area contributed by atoms with Crippen LogP contribution in [-0.4, -0.2) is 27.7 Å². The van der Waals surface area contributed by atoms with Crippen LogP contribution in [0.4, 0.5) is 0 Å². The van der Waals surface area contributed by atoms with Crippen LogP contribution in [0.3, 0.4) is 0 Å². The largest absolute Gasteiger partial charge is 0.396 e. The topological polar surface area (TPSA) is 28.4 Å². The number of aliphatic hydroxyl groups is 1. The van der Waals surface area contributed by atoms with E-state index >= 15 is 0 Å². The van der Waals surface area contributed by atoms with Crippen LogP contribution in [-0.2, 0) is 13.1 Å². The van der Waals surface area contributed by atoms with E-state index in [0.717, 1.165) is 26.1 Å². The van der Waals surface area contributed by atoms with Crippen molar-refractivity contribution in [1.29, 1.82) is 0 Å². The monoisotopic (exact) mass is 384 g/mol. The second-order valence-electron chi connectivity index (χ2n) is 7.59. The van der Waals surface area contributed by atoms with Crippen molar-refractivity contribution < 1.29 is 5.11 Å². The summed E-state index contributed by atoms with van der Waals surface area (Å²) in [6.07, 6.45) is 2.90. The van der Waals surface area contributed by atoms with Crippen molar-refractivity contribution in [2.24, 2.45) is 0 Å². The first-order chi connectivity index (χ1) is 14.3. The van der Waals surface area contributed by atoms with Gasteiger partial charge in [0.1, 0.15) is 0 Å². The Morgan fingerprint density at radius 3 is 1.93 bits per heavy atom. The van der Waals surface area contributed by atoms with Gasteiger partial charge in [-0.05, 0) is 35.1 Å². The Morgan fingerprint density at radius 1 is 0.724 bits per heavy atom. The second-order valence-corrected chi connectivity index (χ2v) is 7.59. The van der Waals surface area contributed by atoms with Crippen LogP contribution in [0.1, 0.15) is 23.6 Å².